The van der Waals surface area contributed by atoms with Crippen LogP contribution in [0.1, 0.15) is 34.8 Å². The van der Waals surface area contributed by atoms with E-state index in [9.17, 15) is 4.79 Å². The molecule has 0 radical (unpaired) electrons. The Kier molecular flexibility index (Phi) is 4.98. The minimum atomic E-state index is -0.0156. The Bertz CT molecular complexity index is 720. The molecular formula is C17H22N6O. The zero-order chi connectivity index (χ0) is 16.9. The highest BCUT2D eigenvalue weighted by molar-refractivity contribution is 5.92. The van der Waals surface area contributed by atoms with E-state index in [-0.39, 0.29) is 5.91 Å². The SMILES string of the molecule is CNc1nccnc1CC1CCCN(C(=O)c2ccnc(C)n2)C1. The Morgan fingerprint density at radius 2 is 2.12 bits per heavy atom. The first-order chi connectivity index (χ1) is 11.7. The van der Waals surface area contributed by atoms with E-state index in [1.807, 2.05) is 11.9 Å². The normalized spacial score (nSPS) is 17.6. The summed E-state index contributed by atoms with van der Waals surface area (Å²) in [5, 5.41) is 3.08. The van der Waals surface area contributed by atoms with Gasteiger partial charge in [0.1, 0.15) is 17.3 Å². The molecule has 7 heteroatoms. The van der Waals surface area contributed by atoms with Gasteiger partial charge in [-0.25, -0.2) is 15.0 Å². The average Bonchev–Trinajstić information content (AvgIpc) is 2.62. The fourth-order valence-electron chi connectivity index (χ4n) is 3.15. The molecular weight excluding hydrogens is 304 g/mol. The van der Waals surface area contributed by atoms with Crippen molar-refractivity contribution in [2.24, 2.45) is 5.92 Å². The molecule has 1 N–H and O–H groups in total. The van der Waals surface area contributed by atoms with Crippen LogP contribution in [-0.4, -0.2) is 50.9 Å². The second-order valence-electron chi connectivity index (χ2n) is 6.05. The summed E-state index contributed by atoms with van der Waals surface area (Å²) in [4.78, 5) is 31.6. The van der Waals surface area contributed by atoms with Crippen LogP contribution in [0.4, 0.5) is 5.82 Å². The number of carbonyl (C=O) groups excluding carboxylic acids is 1. The summed E-state index contributed by atoms with van der Waals surface area (Å²) in [6.07, 6.45) is 7.93. The van der Waals surface area contributed by atoms with Crippen LogP contribution in [0.15, 0.2) is 24.7 Å². The maximum atomic E-state index is 12.7. The van der Waals surface area contributed by atoms with Crippen LogP contribution < -0.4 is 5.32 Å². The van der Waals surface area contributed by atoms with Gasteiger partial charge in [0.15, 0.2) is 0 Å². The summed E-state index contributed by atoms with van der Waals surface area (Å²) in [6, 6.07) is 1.68. The first kappa shape index (κ1) is 16.3. The molecule has 24 heavy (non-hydrogen) atoms. The molecule has 1 saturated heterocycles. The zero-order valence-electron chi connectivity index (χ0n) is 14.1. The van der Waals surface area contributed by atoms with E-state index in [1.165, 1.54) is 0 Å². The highest BCUT2D eigenvalue weighted by atomic mass is 16.2. The van der Waals surface area contributed by atoms with Gasteiger partial charge in [0.05, 0.1) is 5.69 Å². The molecule has 2 aromatic rings. The lowest BCUT2D eigenvalue weighted by Gasteiger charge is -2.32. The van der Waals surface area contributed by atoms with Gasteiger partial charge in [0.25, 0.3) is 5.91 Å². The van der Waals surface area contributed by atoms with E-state index in [0.29, 0.717) is 17.4 Å². The molecule has 3 heterocycles. The summed E-state index contributed by atoms with van der Waals surface area (Å²) in [5.41, 5.74) is 1.43. The van der Waals surface area contributed by atoms with Crippen molar-refractivity contribution in [2.45, 2.75) is 26.2 Å². The molecule has 0 aliphatic carbocycles. The quantitative estimate of drug-likeness (QED) is 0.921. The van der Waals surface area contributed by atoms with Gasteiger partial charge in [-0.05, 0) is 38.2 Å². The summed E-state index contributed by atoms with van der Waals surface area (Å²) in [5.74, 6) is 1.80. The average molecular weight is 326 g/mol. The van der Waals surface area contributed by atoms with Crippen LogP contribution in [0.25, 0.3) is 0 Å². The molecule has 1 atom stereocenters. The molecule has 1 unspecified atom stereocenters. The molecule has 0 saturated carbocycles. The molecule has 7 nitrogen and oxygen atoms in total. The Morgan fingerprint density at radius 3 is 2.92 bits per heavy atom. The summed E-state index contributed by atoms with van der Waals surface area (Å²) >= 11 is 0. The number of carbonyl (C=O) groups is 1. The van der Waals surface area contributed by atoms with Crippen molar-refractivity contribution >= 4 is 11.7 Å². The third kappa shape index (κ3) is 3.67. The Hall–Kier alpha value is -2.57. The van der Waals surface area contributed by atoms with Gasteiger partial charge >= 0.3 is 0 Å². The van der Waals surface area contributed by atoms with E-state index < -0.39 is 0 Å². The number of nitrogens with one attached hydrogen (secondary N) is 1. The third-order valence-corrected chi connectivity index (χ3v) is 4.29. The minimum absolute atomic E-state index is 0.0156. The lowest BCUT2D eigenvalue weighted by molar-refractivity contribution is 0.0666. The molecule has 0 aromatic carbocycles. The molecule has 1 fully saturated rings. The minimum Gasteiger partial charge on any atom is -0.372 e. The van der Waals surface area contributed by atoms with Crippen molar-refractivity contribution in [3.8, 4) is 0 Å². The molecule has 0 bridgehead atoms. The van der Waals surface area contributed by atoms with Gasteiger partial charge in [-0.2, -0.15) is 0 Å². The Morgan fingerprint density at radius 1 is 1.29 bits per heavy atom. The topological polar surface area (TPSA) is 83.9 Å². The van der Waals surface area contributed by atoms with Crippen LogP contribution in [0.5, 0.6) is 0 Å². The largest absolute Gasteiger partial charge is 0.372 e. The van der Waals surface area contributed by atoms with Gasteiger partial charge in [0, 0.05) is 38.7 Å². The highest BCUT2D eigenvalue weighted by Crippen LogP contribution is 2.23. The summed E-state index contributed by atoms with van der Waals surface area (Å²) in [7, 11) is 1.85. The van der Waals surface area contributed by atoms with Gasteiger partial charge in [-0.3, -0.25) is 9.78 Å². The monoisotopic (exact) mass is 326 g/mol. The van der Waals surface area contributed by atoms with Crippen LogP contribution >= 0.6 is 0 Å². The summed E-state index contributed by atoms with van der Waals surface area (Å²) in [6.45, 7) is 3.29. The number of aryl methyl sites for hydroxylation is 1. The zero-order valence-corrected chi connectivity index (χ0v) is 14.1. The molecule has 1 aliphatic rings. The molecule has 2 aromatic heterocycles. The second-order valence-corrected chi connectivity index (χ2v) is 6.05. The predicted molar refractivity (Wildman–Crippen MR) is 90.7 cm³/mol. The first-order valence-electron chi connectivity index (χ1n) is 8.24. The highest BCUT2D eigenvalue weighted by Gasteiger charge is 2.26. The second kappa shape index (κ2) is 7.33. The van der Waals surface area contributed by atoms with E-state index >= 15 is 0 Å². The number of piperidine rings is 1. The maximum Gasteiger partial charge on any atom is 0.272 e. The lowest BCUT2D eigenvalue weighted by Crippen LogP contribution is -2.41. The predicted octanol–water partition coefficient (Wildman–Crippen LogP) is 1.71. The van der Waals surface area contributed by atoms with E-state index in [1.54, 1.807) is 31.6 Å². The number of aromatic nitrogens is 4. The van der Waals surface area contributed by atoms with Gasteiger partial charge < -0.3 is 10.2 Å². The first-order valence-corrected chi connectivity index (χ1v) is 8.24. The van der Waals surface area contributed by atoms with Crippen molar-refractivity contribution < 1.29 is 4.79 Å². The number of amides is 1. The Labute approximate surface area is 141 Å². The van der Waals surface area contributed by atoms with Gasteiger partial charge in [-0.15, -0.1) is 0 Å². The van der Waals surface area contributed by atoms with E-state index in [4.69, 9.17) is 0 Å². The molecule has 1 aliphatic heterocycles. The fraction of sp³-hybridized carbons (Fsp3) is 0.471. The van der Waals surface area contributed by atoms with E-state index in [0.717, 1.165) is 43.9 Å². The van der Waals surface area contributed by atoms with Crippen LogP contribution in [0.3, 0.4) is 0 Å². The van der Waals surface area contributed by atoms with Gasteiger partial charge in [0.2, 0.25) is 0 Å². The van der Waals surface area contributed by atoms with Crippen molar-refractivity contribution in [3.05, 3.63) is 41.9 Å². The smallest absolute Gasteiger partial charge is 0.272 e. The fourth-order valence-corrected chi connectivity index (χ4v) is 3.15. The number of nitrogens with zero attached hydrogens (tertiary/aromatic N) is 5. The van der Waals surface area contributed by atoms with Crippen molar-refractivity contribution in [2.75, 3.05) is 25.5 Å². The number of anilines is 1. The molecule has 126 valence electrons. The van der Waals surface area contributed by atoms with Crippen LogP contribution in [0.2, 0.25) is 0 Å². The third-order valence-electron chi connectivity index (χ3n) is 4.29. The van der Waals surface area contributed by atoms with Crippen molar-refractivity contribution in [3.63, 3.8) is 0 Å². The van der Waals surface area contributed by atoms with E-state index in [2.05, 4.69) is 25.3 Å². The Balaban J connectivity index is 1.69. The maximum absolute atomic E-state index is 12.7. The van der Waals surface area contributed by atoms with Crippen LogP contribution in [-0.2, 0) is 6.42 Å². The van der Waals surface area contributed by atoms with Crippen LogP contribution in [0, 0.1) is 12.8 Å². The van der Waals surface area contributed by atoms with Crippen molar-refractivity contribution in [1.29, 1.82) is 0 Å². The lowest BCUT2D eigenvalue weighted by atomic mass is 9.93. The number of likely N-dealkylation sites (tertiary alicyclic amines) is 1. The molecule has 1 amide bonds. The molecule has 0 spiro atoms. The van der Waals surface area contributed by atoms with Gasteiger partial charge in [-0.1, -0.05) is 0 Å². The molecule has 3 rings (SSSR count). The number of rotatable bonds is 4. The standard InChI is InChI=1S/C17H22N6O/c1-12-19-6-5-14(22-12)17(24)23-9-3-4-13(11-23)10-15-16(18-2)21-8-7-20-15/h5-8,13H,3-4,9-11H2,1-2H3,(H,18,21). The number of hydrogen-bond acceptors (Lipinski definition) is 6. The summed E-state index contributed by atoms with van der Waals surface area (Å²) < 4.78 is 0. The van der Waals surface area contributed by atoms with Crippen molar-refractivity contribution in [1.82, 2.24) is 24.8 Å². The number of hydrogen-bond donors (Lipinski definition) is 1.